The van der Waals surface area contributed by atoms with Gasteiger partial charge in [-0.25, -0.2) is 13.8 Å². The van der Waals surface area contributed by atoms with Crippen LogP contribution in [0, 0.1) is 29.6 Å². The second kappa shape index (κ2) is 14.6. The smallest absolute Gasteiger partial charge is 0.246 e. The molecule has 0 bridgehead atoms. The Balaban J connectivity index is 1.38. The fourth-order valence-electron chi connectivity index (χ4n) is 7.54. The van der Waals surface area contributed by atoms with E-state index in [1.165, 1.54) is 22.4 Å². The molecule has 3 aliphatic rings. The van der Waals surface area contributed by atoms with Crippen molar-refractivity contribution in [1.82, 2.24) is 14.8 Å². The van der Waals surface area contributed by atoms with E-state index >= 15 is 0 Å². The predicted molar refractivity (Wildman–Crippen MR) is 181 cm³/mol. The minimum absolute atomic E-state index is 0.153. The minimum Gasteiger partial charge on any atom is -0.473 e. The fraction of sp³-hybridized carbons (Fsp3) is 0.459. The number of likely N-dealkylation sites (tertiary alicyclic amines) is 1. The number of carbonyl (C=O) groups excluding carboxylic acids is 1. The molecule has 48 heavy (non-hydrogen) atoms. The molecule has 0 spiro atoms. The third-order valence-corrected chi connectivity index (χ3v) is 10.0. The molecule has 4 heterocycles. The molecule has 6 rings (SSSR count). The lowest BCUT2D eigenvalue weighted by Crippen LogP contribution is -2.55. The number of amides is 1. The number of nitrogens with zero attached hydrogens (tertiary/aromatic N) is 7. The lowest BCUT2D eigenvalue weighted by molar-refractivity contribution is -0.128. The van der Waals surface area contributed by atoms with Crippen LogP contribution in [0.2, 0.25) is 0 Å². The van der Waals surface area contributed by atoms with Crippen LogP contribution in [0.5, 0.6) is 5.88 Å². The summed E-state index contributed by atoms with van der Waals surface area (Å²) >= 11 is 0. The summed E-state index contributed by atoms with van der Waals surface area (Å²) in [7, 11) is 0. The molecule has 1 atom stereocenters. The van der Waals surface area contributed by atoms with E-state index in [4.69, 9.17) is 9.72 Å². The van der Waals surface area contributed by atoms with Gasteiger partial charge >= 0.3 is 0 Å². The van der Waals surface area contributed by atoms with Crippen LogP contribution in [0.4, 0.5) is 20.2 Å². The maximum Gasteiger partial charge on any atom is 0.246 e. The summed E-state index contributed by atoms with van der Waals surface area (Å²) in [5, 5.41) is 22.6. The molecule has 11 heteroatoms. The van der Waals surface area contributed by atoms with Gasteiger partial charge in [0, 0.05) is 55.9 Å². The molecule has 250 valence electrons. The van der Waals surface area contributed by atoms with E-state index < -0.39 is 19.4 Å². The van der Waals surface area contributed by atoms with Crippen molar-refractivity contribution in [2.75, 3.05) is 62.4 Å². The molecule has 0 aliphatic carbocycles. The van der Waals surface area contributed by atoms with Crippen LogP contribution >= 0.6 is 0 Å². The molecule has 1 amide bonds. The number of aryl methyl sites for hydroxylation is 1. The molecule has 0 N–H and O–H groups in total. The van der Waals surface area contributed by atoms with Gasteiger partial charge in [0.2, 0.25) is 11.8 Å². The highest BCUT2D eigenvalue weighted by Gasteiger charge is 2.36. The maximum absolute atomic E-state index is 13.4. The summed E-state index contributed by atoms with van der Waals surface area (Å²) in [6, 6.07) is 16.1. The molecular formula is C37H41F2N7O2. The number of halogens is 2. The summed E-state index contributed by atoms with van der Waals surface area (Å²) in [5.74, 6) is 0.0425. The number of piperazine rings is 1. The van der Waals surface area contributed by atoms with Crippen LogP contribution in [-0.4, -0.2) is 91.5 Å². The van der Waals surface area contributed by atoms with Gasteiger partial charge in [0.1, 0.15) is 31.1 Å². The zero-order valence-corrected chi connectivity index (χ0v) is 27.4. The summed E-state index contributed by atoms with van der Waals surface area (Å²) < 4.78 is 33.3. The van der Waals surface area contributed by atoms with Crippen molar-refractivity contribution in [2.45, 2.75) is 57.3 Å². The van der Waals surface area contributed by atoms with Gasteiger partial charge in [-0.2, -0.15) is 10.5 Å². The minimum atomic E-state index is -0.745. The predicted octanol–water partition coefficient (Wildman–Crippen LogP) is 5.25. The van der Waals surface area contributed by atoms with E-state index in [0.29, 0.717) is 64.1 Å². The van der Waals surface area contributed by atoms with E-state index in [9.17, 15) is 24.1 Å². The summed E-state index contributed by atoms with van der Waals surface area (Å²) in [4.78, 5) is 25.7. The number of piperidine rings is 1. The monoisotopic (exact) mass is 653 g/mol. The zero-order chi connectivity index (χ0) is 33.8. The summed E-state index contributed by atoms with van der Waals surface area (Å²) in [5.41, 5.74) is 5.22. The third-order valence-electron chi connectivity index (χ3n) is 10.0. The second-order valence-corrected chi connectivity index (χ2v) is 12.8. The summed E-state index contributed by atoms with van der Waals surface area (Å²) in [6.45, 7) is 7.76. The molecule has 0 saturated carbocycles. The molecule has 3 aromatic rings. The van der Waals surface area contributed by atoms with Crippen LogP contribution in [0.25, 0.3) is 10.8 Å². The van der Waals surface area contributed by atoms with Gasteiger partial charge in [0.15, 0.2) is 0 Å². The topological polar surface area (TPSA) is 99.7 Å². The highest BCUT2D eigenvalue weighted by Crippen LogP contribution is 2.40. The van der Waals surface area contributed by atoms with Gasteiger partial charge in [0.05, 0.1) is 42.5 Å². The van der Waals surface area contributed by atoms with Crippen molar-refractivity contribution in [3.8, 4) is 18.0 Å². The van der Waals surface area contributed by atoms with Crippen LogP contribution in [-0.2, 0) is 17.8 Å². The molecule has 3 aliphatic heterocycles. The lowest BCUT2D eigenvalue weighted by Gasteiger charge is -2.43. The Bertz CT molecular complexity index is 1750. The first-order valence-corrected chi connectivity index (χ1v) is 16.7. The number of rotatable bonds is 9. The second-order valence-electron chi connectivity index (χ2n) is 12.8. The number of hydrogen-bond donors (Lipinski definition) is 0. The SMILES string of the molecule is C=CC(=O)N1CCN(c2c(C#N)c(OC3CCN(C(CF)CF)CC3)nc3c2CCN(c2cccc4cccc(C)c24)C3)CC1CC#N. The Labute approximate surface area is 280 Å². The van der Waals surface area contributed by atoms with Gasteiger partial charge < -0.3 is 19.4 Å². The molecule has 2 fully saturated rings. The quantitative estimate of drug-likeness (QED) is 0.289. The van der Waals surface area contributed by atoms with Gasteiger partial charge in [-0.1, -0.05) is 36.9 Å². The van der Waals surface area contributed by atoms with Crippen LogP contribution < -0.4 is 14.5 Å². The number of alkyl halides is 2. The van der Waals surface area contributed by atoms with Crippen LogP contribution in [0.3, 0.4) is 0 Å². The van der Waals surface area contributed by atoms with E-state index in [1.54, 1.807) is 4.90 Å². The molecule has 0 radical (unpaired) electrons. The van der Waals surface area contributed by atoms with Crippen molar-refractivity contribution >= 4 is 28.1 Å². The highest BCUT2D eigenvalue weighted by atomic mass is 19.1. The van der Waals surface area contributed by atoms with Crippen LogP contribution in [0.1, 0.15) is 41.6 Å². The number of fused-ring (bicyclic) bond motifs is 2. The first-order chi connectivity index (χ1) is 23.4. The first kappa shape index (κ1) is 33.2. The van der Waals surface area contributed by atoms with E-state index in [0.717, 1.165) is 29.2 Å². The molecule has 1 aromatic heterocycles. The molecule has 2 aromatic carbocycles. The van der Waals surface area contributed by atoms with Crippen LogP contribution in [0.15, 0.2) is 49.1 Å². The van der Waals surface area contributed by atoms with E-state index in [2.05, 4.69) is 71.8 Å². The Morgan fingerprint density at radius 1 is 1.08 bits per heavy atom. The number of nitriles is 2. The Hall–Kier alpha value is -4.74. The largest absolute Gasteiger partial charge is 0.473 e. The Morgan fingerprint density at radius 3 is 2.52 bits per heavy atom. The standard InChI is InChI=1S/C37H41F2N7O2/c1-3-34(47)46-19-18-45(23-27(46)10-14-40)36-30-13-17-44(33-9-5-8-26-7-4-6-25(2)35(26)33)24-32(30)42-37(31(36)22-41)48-29-11-15-43(16-12-29)28(20-38)21-39/h3-9,27-29H,1,10-13,15-21,23-24H2,2H3. The van der Waals surface area contributed by atoms with Crippen molar-refractivity contribution in [1.29, 1.82) is 10.5 Å². The molecule has 9 nitrogen and oxygen atoms in total. The van der Waals surface area contributed by atoms with Gasteiger partial charge in [0.25, 0.3) is 0 Å². The normalized spacial score (nSPS) is 18.8. The number of benzene rings is 2. The average molecular weight is 654 g/mol. The Kier molecular flexibility index (Phi) is 10.1. The molecular weight excluding hydrogens is 612 g/mol. The molecule has 1 unspecified atom stereocenters. The van der Waals surface area contributed by atoms with Gasteiger partial charge in [-0.05, 0) is 49.3 Å². The number of ether oxygens (including phenoxy) is 1. The van der Waals surface area contributed by atoms with Gasteiger partial charge in [-0.15, -0.1) is 0 Å². The highest BCUT2D eigenvalue weighted by molar-refractivity contribution is 5.97. The van der Waals surface area contributed by atoms with Crippen molar-refractivity contribution < 1.29 is 18.3 Å². The molecule has 2 saturated heterocycles. The first-order valence-electron chi connectivity index (χ1n) is 16.7. The zero-order valence-electron chi connectivity index (χ0n) is 27.4. The van der Waals surface area contributed by atoms with Crippen molar-refractivity contribution in [3.63, 3.8) is 0 Å². The number of carbonyl (C=O) groups is 1. The fourth-order valence-corrected chi connectivity index (χ4v) is 7.54. The third kappa shape index (κ3) is 6.40. The Morgan fingerprint density at radius 2 is 1.83 bits per heavy atom. The number of aromatic nitrogens is 1. The van der Waals surface area contributed by atoms with Gasteiger partial charge in [-0.3, -0.25) is 9.69 Å². The van der Waals surface area contributed by atoms with E-state index in [-0.39, 0.29) is 30.4 Å². The summed E-state index contributed by atoms with van der Waals surface area (Å²) in [6.07, 6.45) is 2.93. The maximum atomic E-state index is 13.4. The number of pyridine rings is 1. The number of hydrogen-bond acceptors (Lipinski definition) is 8. The van der Waals surface area contributed by atoms with Crippen molar-refractivity contribution in [3.05, 3.63) is 71.4 Å². The number of anilines is 2. The van der Waals surface area contributed by atoms with Crippen molar-refractivity contribution in [2.24, 2.45) is 0 Å². The van der Waals surface area contributed by atoms with E-state index in [1.807, 2.05) is 4.90 Å². The average Bonchev–Trinajstić information content (AvgIpc) is 3.11. The lowest BCUT2D eigenvalue weighted by atomic mass is 9.95.